The molecule has 0 fully saturated rings. The first-order valence-corrected chi connectivity index (χ1v) is 9.20. The molecule has 0 heterocycles. The molecule has 26 heavy (non-hydrogen) atoms. The minimum Gasteiger partial charge on any atom is -0.359 e. The second kappa shape index (κ2) is 12.0. The second-order valence-corrected chi connectivity index (χ2v) is 6.62. The van der Waals surface area contributed by atoms with Crippen LogP contribution in [0.25, 0.3) is 0 Å². The van der Waals surface area contributed by atoms with Crippen molar-refractivity contribution in [3.8, 4) is 0 Å². The molecule has 1 aliphatic carbocycles. The lowest BCUT2D eigenvalue weighted by Gasteiger charge is -2.28. The first kappa shape index (κ1) is 20.8. The van der Waals surface area contributed by atoms with Crippen LogP contribution in [0.2, 0.25) is 0 Å². The number of rotatable bonds is 8. The van der Waals surface area contributed by atoms with Gasteiger partial charge < -0.3 is 18.9 Å². The SMILES string of the molecule is COCOC1CCC(Cc2ccccc2)CCC=CC(=O)C1OCOC. The van der Waals surface area contributed by atoms with Gasteiger partial charge in [-0.15, -0.1) is 0 Å². The largest absolute Gasteiger partial charge is 0.359 e. The zero-order chi connectivity index (χ0) is 18.6. The van der Waals surface area contributed by atoms with Crippen LogP contribution < -0.4 is 0 Å². The zero-order valence-electron chi connectivity index (χ0n) is 15.8. The number of allylic oxidation sites excluding steroid dienone is 1. The fourth-order valence-corrected chi connectivity index (χ4v) is 3.31. The summed E-state index contributed by atoms with van der Waals surface area (Å²) in [6.07, 6.45) is 7.24. The van der Waals surface area contributed by atoms with Gasteiger partial charge in [0.15, 0.2) is 5.78 Å². The molecule has 5 nitrogen and oxygen atoms in total. The summed E-state index contributed by atoms with van der Waals surface area (Å²) < 4.78 is 21.5. The third-order valence-electron chi connectivity index (χ3n) is 4.63. The first-order chi connectivity index (χ1) is 12.7. The van der Waals surface area contributed by atoms with E-state index in [2.05, 4.69) is 24.3 Å². The van der Waals surface area contributed by atoms with Gasteiger partial charge in [-0.3, -0.25) is 4.79 Å². The molecule has 144 valence electrons. The van der Waals surface area contributed by atoms with Gasteiger partial charge in [-0.25, -0.2) is 0 Å². The van der Waals surface area contributed by atoms with E-state index in [9.17, 15) is 4.79 Å². The Morgan fingerprint density at radius 3 is 2.42 bits per heavy atom. The number of carbonyl (C=O) groups excluding carboxylic acids is 1. The summed E-state index contributed by atoms with van der Waals surface area (Å²) in [6.45, 7) is 0.197. The summed E-state index contributed by atoms with van der Waals surface area (Å²) in [4.78, 5) is 12.5. The highest BCUT2D eigenvalue weighted by atomic mass is 16.7. The summed E-state index contributed by atoms with van der Waals surface area (Å²) >= 11 is 0. The topological polar surface area (TPSA) is 54.0 Å². The van der Waals surface area contributed by atoms with Crippen molar-refractivity contribution in [2.45, 2.75) is 44.3 Å². The van der Waals surface area contributed by atoms with Gasteiger partial charge in [0.05, 0.1) is 6.10 Å². The Morgan fingerprint density at radius 2 is 1.69 bits per heavy atom. The maximum absolute atomic E-state index is 12.5. The molecule has 0 bridgehead atoms. The van der Waals surface area contributed by atoms with Crippen LogP contribution >= 0.6 is 0 Å². The predicted octanol–water partition coefficient (Wildman–Crippen LogP) is 3.52. The number of methoxy groups -OCH3 is 2. The number of ether oxygens (including phenoxy) is 4. The number of benzene rings is 1. The van der Waals surface area contributed by atoms with Crippen LogP contribution in [0.3, 0.4) is 0 Å². The molecule has 0 aliphatic heterocycles. The number of ketones is 1. The summed E-state index contributed by atoms with van der Waals surface area (Å²) in [6, 6.07) is 10.5. The van der Waals surface area contributed by atoms with Gasteiger partial charge in [-0.2, -0.15) is 0 Å². The smallest absolute Gasteiger partial charge is 0.186 e. The highest BCUT2D eigenvalue weighted by Crippen LogP contribution is 2.25. The predicted molar refractivity (Wildman–Crippen MR) is 99.7 cm³/mol. The van der Waals surface area contributed by atoms with Gasteiger partial charge in [0.1, 0.15) is 19.7 Å². The summed E-state index contributed by atoms with van der Waals surface area (Å²) in [7, 11) is 3.12. The van der Waals surface area contributed by atoms with E-state index >= 15 is 0 Å². The van der Waals surface area contributed by atoms with Gasteiger partial charge in [0.25, 0.3) is 0 Å². The summed E-state index contributed by atoms with van der Waals surface area (Å²) in [5.74, 6) is 0.455. The summed E-state index contributed by atoms with van der Waals surface area (Å²) in [5.41, 5.74) is 1.34. The van der Waals surface area contributed by atoms with Gasteiger partial charge in [0, 0.05) is 14.2 Å². The molecule has 1 aromatic carbocycles. The van der Waals surface area contributed by atoms with E-state index in [0.717, 1.165) is 32.1 Å². The molecule has 0 radical (unpaired) electrons. The third kappa shape index (κ3) is 7.00. The number of carbonyl (C=O) groups is 1. The average Bonchev–Trinajstić information content (AvgIpc) is 2.66. The van der Waals surface area contributed by atoms with Crippen LogP contribution in [0.5, 0.6) is 0 Å². The normalized spacial score (nSPS) is 24.5. The molecular formula is C21H30O5. The third-order valence-corrected chi connectivity index (χ3v) is 4.63. The molecule has 3 unspecified atom stereocenters. The molecule has 2 rings (SSSR count). The van der Waals surface area contributed by atoms with E-state index in [4.69, 9.17) is 18.9 Å². The highest BCUT2D eigenvalue weighted by Gasteiger charge is 2.30. The van der Waals surface area contributed by atoms with Crippen molar-refractivity contribution in [3.05, 3.63) is 48.0 Å². The minimum atomic E-state index is -0.670. The lowest BCUT2D eigenvalue weighted by molar-refractivity contribution is -0.169. The van der Waals surface area contributed by atoms with Crippen LogP contribution in [0.15, 0.2) is 42.5 Å². The van der Waals surface area contributed by atoms with Crippen LogP contribution in [0, 0.1) is 5.92 Å². The number of hydrogen-bond donors (Lipinski definition) is 0. The Hall–Kier alpha value is -1.53. The Morgan fingerprint density at radius 1 is 0.962 bits per heavy atom. The molecule has 0 saturated heterocycles. The molecule has 0 amide bonds. The molecule has 1 aliphatic rings. The van der Waals surface area contributed by atoms with E-state index in [1.165, 1.54) is 5.56 Å². The van der Waals surface area contributed by atoms with Gasteiger partial charge >= 0.3 is 0 Å². The molecule has 0 spiro atoms. The van der Waals surface area contributed by atoms with Crippen molar-refractivity contribution in [2.75, 3.05) is 27.8 Å². The van der Waals surface area contributed by atoms with Gasteiger partial charge in [-0.05, 0) is 49.7 Å². The quantitative estimate of drug-likeness (QED) is 0.662. The van der Waals surface area contributed by atoms with E-state index in [-0.39, 0.29) is 25.5 Å². The fraction of sp³-hybridized carbons (Fsp3) is 0.571. The van der Waals surface area contributed by atoms with Crippen molar-refractivity contribution in [1.29, 1.82) is 0 Å². The van der Waals surface area contributed by atoms with Crippen molar-refractivity contribution >= 4 is 5.78 Å². The molecule has 0 saturated carbocycles. The summed E-state index contributed by atoms with van der Waals surface area (Å²) in [5, 5.41) is 0. The van der Waals surface area contributed by atoms with Crippen molar-refractivity contribution in [1.82, 2.24) is 0 Å². The molecule has 3 atom stereocenters. The maximum atomic E-state index is 12.5. The Bertz CT molecular complexity index is 543. The van der Waals surface area contributed by atoms with Crippen LogP contribution in [-0.4, -0.2) is 45.8 Å². The Kier molecular flexibility index (Phi) is 9.56. The second-order valence-electron chi connectivity index (χ2n) is 6.62. The van der Waals surface area contributed by atoms with E-state index in [1.54, 1.807) is 20.3 Å². The lowest BCUT2D eigenvalue weighted by atomic mass is 9.87. The molecule has 0 N–H and O–H groups in total. The van der Waals surface area contributed by atoms with Crippen molar-refractivity contribution in [2.24, 2.45) is 5.92 Å². The number of hydrogen-bond acceptors (Lipinski definition) is 5. The maximum Gasteiger partial charge on any atom is 0.186 e. The molecule has 1 aromatic rings. The zero-order valence-corrected chi connectivity index (χ0v) is 15.8. The monoisotopic (exact) mass is 362 g/mol. The van der Waals surface area contributed by atoms with Crippen LogP contribution in [0.1, 0.15) is 31.2 Å². The van der Waals surface area contributed by atoms with Crippen LogP contribution in [0.4, 0.5) is 0 Å². The van der Waals surface area contributed by atoms with Crippen molar-refractivity contribution < 1.29 is 23.7 Å². The minimum absolute atomic E-state index is 0.0601. The van der Waals surface area contributed by atoms with E-state index < -0.39 is 6.10 Å². The molecule has 5 heteroatoms. The van der Waals surface area contributed by atoms with Crippen LogP contribution in [-0.2, 0) is 30.2 Å². The van der Waals surface area contributed by atoms with E-state index in [1.807, 2.05) is 12.1 Å². The Balaban J connectivity index is 2.09. The Labute approximate surface area is 156 Å². The molecular weight excluding hydrogens is 332 g/mol. The average molecular weight is 362 g/mol. The highest BCUT2D eigenvalue weighted by molar-refractivity contribution is 5.94. The molecule has 0 aromatic heterocycles. The van der Waals surface area contributed by atoms with E-state index in [0.29, 0.717) is 5.92 Å². The standard InChI is InChI=1S/C21H30O5/c1-23-15-25-20-13-12-18(14-17-8-4-3-5-9-17)10-6-7-11-19(22)21(20)26-16-24-2/h3-5,7-9,11,18,20-21H,6,10,12-16H2,1-2H3. The fourth-order valence-electron chi connectivity index (χ4n) is 3.31. The van der Waals surface area contributed by atoms with Crippen molar-refractivity contribution in [3.63, 3.8) is 0 Å². The lowest BCUT2D eigenvalue weighted by Crippen LogP contribution is -2.39. The first-order valence-electron chi connectivity index (χ1n) is 9.20. The van der Waals surface area contributed by atoms with Gasteiger partial charge in [-0.1, -0.05) is 36.4 Å². The van der Waals surface area contributed by atoms with Gasteiger partial charge in [0.2, 0.25) is 0 Å².